The highest BCUT2D eigenvalue weighted by Crippen LogP contribution is 2.23. The van der Waals surface area contributed by atoms with Gasteiger partial charge in [0.2, 0.25) is 0 Å². The minimum atomic E-state index is -0.358. The van der Waals surface area contributed by atoms with Crippen molar-refractivity contribution in [3.63, 3.8) is 0 Å². The standard InChI is InChI=1S/C18H19NO4/c1-12-4-5-15(22-12)11-19(2)10-13-8-18(20)23-17-9-14(21-3)6-7-16(13)17/h4-9H,10-11H2,1-3H3. The third-order valence-electron chi connectivity index (χ3n) is 3.70. The molecule has 0 saturated carbocycles. The Labute approximate surface area is 134 Å². The second-order valence-corrected chi connectivity index (χ2v) is 5.64. The van der Waals surface area contributed by atoms with E-state index in [0.29, 0.717) is 24.4 Å². The van der Waals surface area contributed by atoms with Crippen LogP contribution in [0.4, 0.5) is 0 Å². The number of methoxy groups -OCH3 is 1. The highest BCUT2D eigenvalue weighted by molar-refractivity contribution is 5.81. The van der Waals surface area contributed by atoms with Crippen molar-refractivity contribution in [1.29, 1.82) is 0 Å². The summed E-state index contributed by atoms with van der Waals surface area (Å²) in [7, 11) is 3.57. The molecule has 5 heteroatoms. The van der Waals surface area contributed by atoms with E-state index in [-0.39, 0.29) is 5.63 Å². The van der Waals surface area contributed by atoms with Crippen LogP contribution < -0.4 is 10.4 Å². The van der Waals surface area contributed by atoms with E-state index >= 15 is 0 Å². The van der Waals surface area contributed by atoms with Gasteiger partial charge in [0.15, 0.2) is 0 Å². The third kappa shape index (κ3) is 3.46. The Morgan fingerprint density at radius 1 is 1.09 bits per heavy atom. The number of hydrogen-bond donors (Lipinski definition) is 0. The van der Waals surface area contributed by atoms with Crippen LogP contribution in [0.2, 0.25) is 0 Å². The van der Waals surface area contributed by atoms with E-state index in [4.69, 9.17) is 13.6 Å². The molecule has 0 radical (unpaired) electrons. The van der Waals surface area contributed by atoms with Crippen LogP contribution in [0.5, 0.6) is 5.75 Å². The van der Waals surface area contributed by atoms with Crippen molar-refractivity contribution >= 4 is 11.0 Å². The largest absolute Gasteiger partial charge is 0.497 e. The molecule has 0 N–H and O–H groups in total. The number of rotatable bonds is 5. The van der Waals surface area contributed by atoms with Gasteiger partial charge in [-0.05, 0) is 43.8 Å². The van der Waals surface area contributed by atoms with Gasteiger partial charge in [-0.1, -0.05) is 0 Å². The van der Waals surface area contributed by atoms with Crippen molar-refractivity contribution in [3.05, 3.63) is 63.9 Å². The summed E-state index contributed by atoms with van der Waals surface area (Å²) in [6.45, 7) is 3.21. The molecule has 120 valence electrons. The van der Waals surface area contributed by atoms with E-state index in [1.165, 1.54) is 0 Å². The molecule has 1 aromatic carbocycles. The van der Waals surface area contributed by atoms with Crippen LogP contribution in [0.3, 0.4) is 0 Å². The average molecular weight is 313 g/mol. The van der Waals surface area contributed by atoms with E-state index in [2.05, 4.69) is 4.90 Å². The van der Waals surface area contributed by atoms with E-state index in [9.17, 15) is 4.79 Å². The molecule has 0 spiro atoms. The predicted molar refractivity (Wildman–Crippen MR) is 87.7 cm³/mol. The highest BCUT2D eigenvalue weighted by Gasteiger charge is 2.11. The topological polar surface area (TPSA) is 55.8 Å². The SMILES string of the molecule is COc1ccc2c(CN(C)Cc3ccc(C)o3)cc(=O)oc2c1. The van der Waals surface area contributed by atoms with Gasteiger partial charge >= 0.3 is 5.63 Å². The number of benzene rings is 1. The van der Waals surface area contributed by atoms with Gasteiger partial charge in [0.1, 0.15) is 22.9 Å². The fourth-order valence-electron chi connectivity index (χ4n) is 2.65. The first-order valence-electron chi connectivity index (χ1n) is 7.40. The Kier molecular flexibility index (Phi) is 4.21. The molecule has 0 fully saturated rings. The zero-order valence-corrected chi connectivity index (χ0v) is 13.5. The smallest absolute Gasteiger partial charge is 0.336 e. The maximum absolute atomic E-state index is 11.8. The van der Waals surface area contributed by atoms with Gasteiger partial charge in [-0.3, -0.25) is 4.90 Å². The van der Waals surface area contributed by atoms with E-state index < -0.39 is 0 Å². The molecular formula is C18H19NO4. The van der Waals surface area contributed by atoms with E-state index in [0.717, 1.165) is 22.5 Å². The lowest BCUT2D eigenvalue weighted by Crippen LogP contribution is -2.18. The quantitative estimate of drug-likeness (QED) is 0.676. The number of ether oxygens (including phenoxy) is 1. The molecule has 0 aliphatic heterocycles. The lowest BCUT2D eigenvalue weighted by Gasteiger charge is -2.16. The van der Waals surface area contributed by atoms with Gasteiger partial charge in [0.05, 0.1) is 13.7 Å². The maximum Gasteiger partial charge on any atom is 0.336 e. The van der Waals surface area contributed by atoms with Gasteiger partial charge in [0, 0.05) is 24.1 Å². The van der Waals surface area contributed by atoms with Crippen LogP contribution in [-0.2, 0) is 13.1 Å². The van der Waals surface area contributed by atoms with Gasteiger partial charge < -0.3 is 13.6 Å². The summed E-state index contributed by atoms with van der Waals surface area (Å²) in [6, 6.07) is 11.0. The minimum Gasteiger partial charge on any atom is -0.497 e. The monoisotopic (exact) mass is 313 g/mol. The van der Waals surface area contributed by atoms with Crippen molar-refractivity contribution < 1.29 is 13.6 Å². The van der Waals surface area contributed by atoms with Crippen LogP contribution in [-0.4, -0.2) is 19.1 Å². The Balaban J connectivity index is 1.88. The Morgan fingerprint density at radius 3 is 2.61 bits per heavy atom. The second-order valence-electron chi connectivity index (χ2n) is 5.64. The number of hydrogen-bond acceptors (Lipinski definition) is 5. The Hall–Kier alpha value is -2.53. The third-order valence-corrected chi connectivity index (χ3v) is 3.70. The molecule has 0 saturated heterocycles. The molecule has 0 bridgehead atoms. The van der Waals surface area contributed by atoms with Crippen molar-refractivity contribution in [1.82, 2.24) is 4.90 Å². The fourth-order valence-corrected chi connectivity index (χ4v) is 2.65. The van der Waals surface area contributed by atoms with Gasteiger partial charge in [-0.25, -0.2) is 4.79 Å². The minimum absolute atomic E-state index is 0.358. The first-order valence-corrected chi connectivity index (χ1v) is 7.40. The normalized spacial score (nSPS) is 11.3. The molecular weight excluding hydrogens is 294 g/mol. The van der Waals surface area contributed by atoms with Crippen LogP contribution in [0.15, 0.2) is 50.0 Å². The molecule has 5 nitrogen and oxygen atoms in total. The summed E-state index contributed by atoms with van der Waals surface area (Å²) in [4.78, 5) is 13.9. The Bertz CT molecular complexity index is 878. The number of furan rings is 1. The van der Waals surface area contributed by atoms with Crippen LogP contribution in [0.25, 0.3) is 11.0 Å². The van der Waals surface area contributed by atoms with Crippen molar-refractivity contribution in [2.75, 3.05) is 14.2 Å². The molecule has 23 heavy (non-hydrogen) atoms. The molecule has 2 aromatic heterocycles. The molecule has 3 rings (SSSR count). The van der Waals surface area contributed by atoms with Gasteiger partial charge in [-0.2, -0.15) is 0 Å². The van der Waals surface area contributed by atoms with Crippen LogP contribution in [0.1, 0.15) is 17.1 Å². The van der Waals surface area contributed by atoms with Crippen LogP contribution >= 0.6 is 0 Å². The summed E-state index contributed by atoms with van der Waals surface area (Å²) in [5, 5.41) is 0.910. The number of nitrogens with zero attached hydrogens (tertiary/aromatic N) is 1. The van der Waals surface area contributed by atoms with E-state index in [1.54, 1.807) is 19.2 Å². The van der Waals surface area contributed by atoms with Gasteiger partial charge in [-0.15, -0.1) is 0 Å². The fraction of sp³-hybridized carbons (Fsp3) is 0.278. The van der Waals surface area contributed by atoms with Crippen molar-refractivity contribution in [2.24, 2.45) is 0 Å². The molecule has 0 amide bonds. The molecule has 3 aromatic rings. The van der Waals surface area contributed by atoms with E-state index in [1.807, 2.05) is 38.2 Å². The average Bonchev–Trinajstić information content (AvgIpc) is 2.91. The molecule has 0 aliphatic carbocycles. The molecule has 0 aliphatic rings. The molecule has 0 atom stereocenters. The molecule has 0 unspecified atom stereocenters. The molecule has 2 heterocycles. The summed E-state index contributed by atoms with van der Waals surface area (Å²) in [5.41, 5.74) is 1.10. The summed E-state index contributed by atoms with van der Waals surface area (Å²) in [5.74, 6) is 2.46. The lowest BCUT2D eigenvalue weighted by atomic mass is 10.1. The summed E-state index contributed by atoms with van der Waals surface area (Å²) >= 11 is 0. The zero-order valence-electron chi connectivity index (χ0n) is 13.5. The Morgan fingerprint density at radius 2 is 1.91 bits per heavy atom. The number of fused-ring (bicyclic) bond motifs is 1. The van der Waals surface area contributed by atoms with Crippen molar-refractivity contribution in [3.8, 4) is 5.75 Å². The lowest BCUT2D eigenvalue weighted by molar-refractivity contribution is 0.285. The summed E-state index contributed by atoms with van der Waals surface area (Å²) < 4.78 is 16.0. The predicted octanol–water partition coefficient (Wildman–Crippen LogP) is 3.34. The first-order chi connectivity index (χ1) is 11.0. The maximum atomic E-state index is 11.8. The summed E-state index contributed by atoms with van der Waals surface area (Å²) in [6.07, 6.45) is 0. The van der Waals surface area contributed by atoms with Crippen LogP contribution in [0, 0.1) is 6.92 Å². The number of aryl methyl sites for hydroxylation is 1. The zero-order chi connectivity index (χ0) is 16.4. The second kappa shape index (κ2) is 6.30. The van der Waals surface area contributed by atoms with Gasteiger partial charge in [0.25, 0.3) is 0 Å². The van der Waals surface area contributed by atoms with Crippen molar-refractivity contribution in [2.45, 2.75) is 20.0 Å². The first kappa shape index (κ1) is 15.4. The highest BCUT2D eigenvalue weighted by atomic mass is 16.5.